The van der Waals surface area contributed by atoms with Crippen LogP contribution in [0.1, 0.15) is 24.5 Å². The quantitative estimate of drug-likeness (QED) is 0.830. The van der Waals surface area contributed by atoms with Crippen LogP contribution in [0.5, 0.6) is 0 Å². The number of nitrogens with one attached hydrogen (secondary N) is 1. The Bertz CT molecular complexity index is 472. The molecule has 1 N–H and O–H groups in total. The van der Waals surface area contributed by atoms with Crippen LogP contribution in [-0.2, 0) is 17.6 Å². The minimum absolute atomic E-state index is 0.190. The molecule has 3 rings (SSSR count). The molecule has 1 aliphatic carbocycles. The van der Waals surface area contributed by atoms with E-state index in [4.69, 9.17) is 0 Å². The number of aryl methyl sites for hydroxylation is 1. The van der Waals surface area contributed by atoms with Crippen molar-refractivity contribution in [2.24, 2.45) is 5.92 Å². The van der Waals surface area contributed by atoms with Crippen molar-refractivity contribution in [3.05, 3.63) is 35.4 Å². The standard InChI is InChI=1S/C16H22N2O/c1-12-11-17-8-9-18(12)16(19)15-7-6-13-4-2-3-5-14(13)10-15/h2-5,12,15,17H,6-11H2,1H3. The maximum Gasteiger partial charge on any atom is 0.226 e. The van der Waals surface area contributed by atoms with E-state index in [2.05, 4.69) is 41.4 Å². The summed E-state index contributed by atoms with van der Waals surface area (Å²) in [4.78, 5) is 14.7. The Balaban J connectivity index is 1.72. The largest absolute Gasteiger partial charge is 0.337 e. The zero-order valence-corrected chi connectivity index (χ0v) is 11.6. The first-order valence-electron chi connectivity index (χ1n) is 7.33. The van der Waals surface area contributed by atoms with Gasteiger partial charge in [0.25, 0.3) is 0 Å². The van der Waals surface area contributed by atoms with Gasteiger partial charge in [-0.1, -0.05) is 24.3 Å². The van der Waals surface area contributed by atoms with E-state index in [0.717, 1.165) is 38.9 Å². The van der Waals surface area contributed by atoms with E-state index in [1.807, 2.05) is 0 Å². The molecule has 0 bridgehead atoms. The third kappa shape index (κ3) is 2.52. The predicted molar refractivity (Wildman–Crippen MR) is 76.0 cm³/mol. The summed E-state index contributed by atoms with van der Waals surface area (Å²) in [5.74, 6) is 0.555. The smallest absolute Gasteiger partial charge is 0.226 e. The van der Waals surface area contributed by atoms with Gasteiger partial charge in [-0.2, -0.15) is 0 Å². The molecule has 2 atom stereocenters. The van der Waals surface area contributed by atoms with Crippen molar-refractivity contribution >= 4 is 5.91 Å². The average molecular weight is 258 g/mol. The van der Waals surface area contributed by atoms with Crippen molar-refractivity contribution in [2.45, 2.75) is 32.2 Å². The summed E-state index contributed by atoms with van der Waals surface area (Å²) >= 11 is 0. The van der Waals surface area contributed by atoms with Crippen LogP contribution < -0.4 is 5.32 Å². The number of rotatable bonds is 1. The lowest BCUT2D eigenvalue weighted by atomic mass is 9.83. The van der Waals surface area contributed by atoms with Gasteiger partial charge < -0.3 is 10.2 Å². The average Bonchev–Trinajstić information content (AvgIpc) is 2.46. The Hall–Kier alpha value is -1.35. The molecule has 3 nitrogen and oxygen atoms in total. The number of fused-ring (bicyclic) bond motifs is 1. The Morgan fingerprint density at radius 2 is 2.11 bits per heavy atom. The van der Waals surface area contributed by atoms with E-state index >= 15 is 0 Å². The van der Waals surface area contributed by atoms with E-state index in [9.17, 15) is 4.79 Å². The molecule has 2 unspecified atom stereocenters. The molecule has 1 aromatic rings. The molecule has 1 aromatic carbocycles. The van der Waals surface area contributed by atoms with Crippen LogP contribution in [0.2, 0.25) is 0 Å². The second-order valence-corrected chi connectivity index (χ2v) is 5.79. The van der Waals surface area contributed by atoms with Crippen LogP contribution in [0.15, 0.2) is 24.3 Å². The van der Waals surface area contributed by atoms with Gasteiger partial charge in [-0.3, -0.25) is 4.79 Å². The Labute approximate surface area is 115 Å². The molecular formula is C16H22N2O. The monoisotopic (exact) mass is 258 g/mol. The highest BCUT2D eigenvalue weighted by atomic mass is 16.2. The first-order chi connectivity index (χ1) is 9.25. The highest BCUT2D eigenvalue weighted by molar-refractivity contribution is 5.80. The summed E-state index contributed by atoms with van der Waals surface area (Å²) < 4.78 is 0. The molecule has 0 aromatic heterocycles. The molecule has 2 aliphatic rings. The molecule has 19 heavy (non-hydrogen) atoms. The molecule has 3 heteroatoms. The number of piperazine rings is 1. The van der Waals surface area contributed by atoms with Gasteiger partial charge in [-0.05, 0) is 37.3 Å². The van der Waals surface area contributed by atoms with Gasteiger partial charge in [-0.15, -0.1) is 0 Å². The number of nitrogens with zero attached hydrogens (tertiary/aromatic N) is 1. The van der Waals surface area contributed by atoms with E-state index in [1.165, 1.54) is 11.1 Å². The summed E-state index contributed by atoms with van der Waals surface area (Å²) in [6.45, 7) is 4.85. The topological polar surface area (TPSA) is 32.3 Å². The zero-order valence-electron chi connectivity index (χ0n) is 11.6. The summed E-state index contributed by atoms with van der Waals surface area (Å²) in [7, 11) is 0. The first kappa shape index (κ1) is 12.7. The fraction of sp³-hybridized carbons (Fsp3) is 0.562. The molecule has 1 saturated heterocycles. The molecule has 0 radical (unpaired) electrons. The Morgan fingerprint density at radius 3 is 2.89 bits per heavy atom. The molecular weight excluding hydrogens is 236 g/mol. The van der Waals surface area contributed by atoms with Gasteiger partial charge in [-0.25, -0.2) is 0 Å². The second-order valence-electron chi connectivity index (χ2n) is 5.79. The van der Waals surface area contributed by atoms with Crippen LogP contribution in [0, 0.1) is 5.92 Å². The zero-order chi connectivity index (χ0) is 13.2. The fourth-order valence-corrected chi connectivity index (χ4v) is 3.31. The lowest BCUT2D eigenvalue weighted by molar-refractivity contribution is -0.138. The highest BCUT2D eigenvalue weighted by Crippen LogP contribution is 2.27. The van der Waals surface area contributed by atoms with Gasteiger partial charge in [0.05, 0.1) is 0 Å². The van der Waals surface area contributed by atoms with E-state index in [0.29, 0.717) is 11.9 Å². The van der Waals surface area contributed by atoms with E-state index < -0.39 is 0 Å². The van der Waals surface area contributed by atoms with Crippen molar-refractivity contribution in [2.75, 3.05) is 19.6 Å². The lowest BCUT2D eigenvalue weighted by Crippen LogP contribution is -2.54. The van der Waals surface area contributed by atoms with Crippen LogP contribution in [-0.4, -0.2) is 36.5 Å². The normalized spacial score (nSPS) is 26.9. The van der Waals surface area contributed by atoms with Crippen molar-refractivity contribution in [3.63, 3.8) is 0 Å². The maximum atomic E-state index is 12.7. The van der Waals surface area contributed by atoms with E-state index in [1.54, 1.807) is 0 Å². The minimum atomic E-state index is 0.190. The van der Waals surface area contributed by atoms with Gasteiger partial charge in [0.1, 0.15) is 0 Å². The molecule has 1 fully saturated rings. The highest BCUT2D eigenvalue weighted by Gasteiger charge is 2.31. The Kier molecular flexibility index (Phi) is 3.56. The third-order valence-corrected chi connectivity index (χ3v) is 4.48. The number of amides is 1. The number of hydrogen-bond donors (Lipinski definition) is 1. The first-order valence-corrected chi connectivity index (χ1v) is 7.33. The van der Waals surface area contributed by atoms with Crippen LogP contribution >= 0.6 is 0 Å². The van der Waals surface area contributed by atoms with Gasteiger partial charge in [0, 0.05) is 31.6 Å². The maximum absolute atomic E-state index is 12.7. The summed E-state index contributed by atoms with van der Waals surface area (Å²) in [6.07, 6.45) is 2.98. The van der Waals surface area contributed by atoms with Crippen molar-refractivity contribution in [1.29, 1.82) is 0 Å². The van der Waals surface area contributed by atoms with Gasteiger partial charge in [0.2, 0.25) is 5.91 Å². The molecule has 1 heterocycles. The van der Waals surface area contributed by atoms with Crippen molar-refractivity contribution < 1.29 is 4.79 Å². The summed E-state index contributed by atoms with van der Waals surface area (Å²) in [5, 5.41) is 3.34. The van der Waals surface area contributed by atoms with Crippen molar-refractivity contribution in [1.82, 2.24) is 10.2 Å². The summed E-state index contributed by atoms with van der Waals surface area (Å²) in [5.41, 5.74) is 2.80. The number of hydrogen-bond acceptors (Lipinski definition) is 2. The van der Waals surface area contributed by atoms with Crippen LogP contribution in [0.4, 0.5) is 0 Å². The fourth-order valence-electron chi connectivity index (χ4n) is 3.31. The van der Waals surface area contributed by atoms with Crippen molar-refractivity contribution in [3.8, 4) is 0 Å². The molecule has 1 aliphatic heterocycles. The minimum Gasteiger partial charge on any atom is -0.337 e. The number of carbonyl (C=O) groups excluding carboxylic acids is 1. The Morgan fingerprint density at radius 1 is 1.32 bits per heavy atom. The van der Waals surface area contributed by atoms with Gasteiger partial charge in [0.15, 0.2) is 0 Å². The number of benzene rings is 1. The molecule has 102 valence electrons. The molecule has 0 spiro atoms. The summed E-state index contributed by atoms with van der Waals surface area (Å²) in [6, 6.07) is 8.89. The van der Waals surface area contributed by atoms with Crippen LogP contribution in [0.3, 0.4) is 0 Å². The predicted octanol–water partition coefficient (Wildman–Crippen LogP) is 1.61. The molecule has 1 amide bonds. The SMILES string of the molecule is CC1CNCCN1C(=O)C1CCc2ccccc2C1. The van der Waals surface area contributed by atoms with Crippen LogP contribution in [0.25, 0.3) is 0 Å². The number of carbonyl (C=O) groups is 1. The second kappa shape index (κ2) is 5.33. The van der Waals surface area contributed by atoms with E-state index in [-0.39, 0.29) is 5.92 Å². The lowest BCUT2D eigenvalue weighted by Gasteiger charge is -2.37. The van der Waals surface area contributed by atoms with Gasteiger partial charge >= 0.3 is 0 Å². The third-order valence-electron chi connectivity index (χ3n) is 4.48. The molecule has 0 saturated carbocycles.